The number of benzene rings is 1. The number of hydrogen-bond donors (Lipinski definition) is 3. The summed E-state index contributed by atoms with van der Waals surface area (Å²) in [6.45, 7) is 2.45. The van der Waals surface area contributed by atoms with Crippen molar-refractivity contribution in [3.8, 4) is 0 Å². The third kappa shape index (κ3) is 2.62. The molecule has 90 valence electrons. The number of nitrogens with two attached hydrogens (primary N) is 1. The second kappa shape index (κ2) is 4.97. The minimum absolute atomic E-state index is 0.0108. The monoisotopic (exact) mass is 232 g/mol. The fourth-order valence-corrected chi connectivity index (χ4v) is 1.51. The fourth-order valence-electron chi connectivity index (χ4n) is 1.51. The minimum Gasteiger partial charge on any atom is -0.348 e. The minimum atomic E-state index is -0.218. The zero-order chi connectivity index (χ0) is 12.3. The second-order valence-corrected chi connectivity index (χ2v) is 3.98. The summed E-state index contributed by atoms with van der Waals surface area (Å²) in [5.41, 5.74) is 7.38. The molecule has 0 aliphatic heterocycles. The van der Waals surface area contributed by atoms with Crippen molar-refractivity contribution < 1.29 is 4.79 Å². The van der Waals surface area contributed by atoms with Crippen LogP contribution in [0.25, 0.3) is 11.0 Å². The highest BCUT2D eigenvalue weighted by Gasteiger charge is 2.11. The summed E-state index contributed by atoms with van der Waals surface area (Å²) in [6.07, 6.45) is 0.834. The number of rotatable bonds is 4. The van der Waals surface area contributed by atoms with E-state index in [4.69, 9.17) is 5.73 Å². The van der Waals surface area contributed by atoms with Crippen LogP contribution in [0.4, 0.5) is 0 Å². The SMILES string of the molecule is CCC(N)CNC(=O)c1nc2ccccc2[nH]1. The van der Waals surface area contributed by atoms with Gasteiger partial charge in [-0.15, -0.1) is 0 Å². The molecule has 1 amide bonds. The van der Waals surface area contributed by atoms with Crippen molar-refractivity contribution in [1.29, 1.82) is 0 Å². The van der Waals surface area contributed by atoms with Crippen LogP contribution in [0.5, 0.6) is 0 Å². The molecule has 1 aromatic carbocycles. The lowest BCUT2D eigenvalue weighted by Gasteiger charge is -2.08. The van der Waals surface area contributed by atoms with E-state index in [1.54, 1.807) is 0 Å². The van der Waals surface area contributed by atoms with Gasteiger partial charge in [0, 0.05) is 12.6 Å². The summed E-state index contributed by atoms with van der Waals surface area (Å²) in [5, 5.41) is 2.75. The first-order chi connectivity index (χ1) is 8.20. The van der Waals surface area contributed by atoms with E-state index in [1.807, 2.05) is 31.2 Å². The van der Waals surface area contributed by atoms with E-state index in [1.165, 1.54) is 0 Å². The largest absolute Gasteiger partial charge is 0.348 e. The van der Waals surface area contributed by atoms with E-state index in [0.717, 1.165) is 17.5 Å². The van der Waals surface area contributed by atoms with Gasteiger partial charge in [0.15, 0.2) is 5.82 Å². The van der Waals surface area contributed by atoms with Gasteiger partial charge in [-0.2, -0.15) is 0 Å². The van der Waals surface area contributed by atoms with Gasteiger partial charge in [-0.3, -0.25) is 4.79 Å². The number of carbonyl (C=O) groups is 1. The number of carbonyl (C=O) groups excluding carboxylic acids is 1. The summed E-state index contributed by atoms with van der Waals surface area (Å²) in [7, 11) is 0. The molecule has 0 aliphatic carbocycles. The molecule has 0 aliphatic rings. The molecule has 0 saturated carbocycles. The van der Waals surface area contributed by atoms with Gasteiger partial charge in [-0.1, -0.05) is 19.1 Å². The number of imidazole rings is 1. The Morgan fingerprint density at radius 2 is 2.29 bits per heavy atom. The highest BCUT2D eigenvalue weighted by Crippen LogP contribution is 2.09. The summed E-state index contributed by atoms with van der Waals surface area (Å²) in [6, 6.07) is 7.52. The summed E-state index contributed by atoms with van der Waals surface area (Å²) in [5.74, 6) is 0.111. The summed E-state index contributed by atoms with van der Waals surface area (Å²) in [4.78, 5) is 19.0. The third-order valence-electron chi connectivity index (χ3n) is 2.65. The van der Waals surface area contributed by atoms with Crippen molar-refractivity contribution >= 4 is 16.9 Å². The fraction of sp³-hybridized carbons (Fsp3) is 0.333. The molecule has 1 aromatic heterocycles. The highest BCUT2D eigenvalue weighted by atomic mass is 16.2. The average Bonchev–Trinajstić information content (AvgIpc) is 2.79. The topological polar surface area (TPSA) is 83.8 Å². The van der Waals surface area contributed by atoms with Crippen LogP contribution in [0.1, 0.15) is 24.0 Å². The number of para-hydroxylation sites is 2. The lowest BCUT2D eigenvalue weighted by atomic mass is 10.2. The van der Waals surface area contributed by atoms with Crippen LogP contribution >= 0.6 is 0 Å². The van der Waals surface area contributed by atoms with Crippen LogP contribution in [-0.4, -0.2) is 28.5 Å². The zero-order valence-corrected chi connectivity index (χ0v) is 9.73. The first kappa shape index (κ1) is 11.6. The molecule has 17 heavy (non-hydrogen) atoms. The van der Waals surface area contributed by atoms with Crippen molar-refractivity contribution in [2.75, 3.05) is 6.54 Å². The van der Waals surface area contributed by atoms with Gasteiger partial charge in [0.1, 0.15) is 0 Å². The molecule has 1 heterocycles. The number of fused-ring (bicyclic) bond motifs is 1. The van der Waals surface area contributed by atoms with Gasteiger partial charge in [0.2, 0.25) is 0 Å². The van der Waals surface area contributed by atoms with E-state index in [0.29, 0.717) is 12.4 Å². The maximum atomic E-state index is 11.8. The Balaban J connectivity index is 2.08. The Morgan fingerprint density at radius 3 is 3.00 bits per heavy atom. The molecule has 0 fully saturated rings. The molecule has 0 saturated heterocycles. The normalized spacial score (nSPS) is 12.6. The first-order valence-corrected chi connectivity index (χ1v) is 5.69. The van der Waals surface area contributed by atoms with Crippen LogP contribution in [0.2, 0.25) is 0 Å². The van der Waals surface area contributed by atoms with Gasteiger partial charge in [-0.25, -0.2) is 4.98 Å². The maximum Gasteiger partial charge on any atom is 0.287 e. The Kier molecular flexibility index (Phi) is 3.39. The van der Waals surface area contributed by atoms with Gasteiger partial charge < -0.3 is 16.0 Å². The third-order valence-corrected chi connectivity index (χ3v) is 2.65. The van der Waals surface area contributed by atoms with E-state index < -0.39 is 0 Å². The van der Waals surface area contributed by atoms with Crippen molar-refractivity contribution in [3.63, 3.8) is 0 Å². The quantitative estimate of drug-likeness (QED) is 0.736. The Labute approximate surface area is 99.4 Å². The molecule has 1 unspecified atom stereocenters. The lowest BCUT2D eigenvalue weighted by molar-refractivity contribution is 0.0942. The Bertz CT molecular complexity index is 487. The lowest BCUT2D eigenvalue weighted by Crippen LogP contribution is -2.37. The molecule has 4 N–H and O–H groups in total. The number of aromatic amines is 1. The number of nitrogens with zero attached hydrogens (tertiary/aromatic N) is 1. The van der Waals surface area contributed by atoms with Crippen molar-refractivity contribution in [2.24, 2.45) is 5.73 Å². The van der Waals surface area contributed by atoms with Gasteiger partial charge in [0.05, 0.1) is 11.0 Å². The van der Waals surface area contributed by atoms with Crippen molar-refractivity contribution in [2.45, 2.75) is 19.4 Å². The van der Waals surface area contributed by atoms with Crippen LogP contribution in [0.15, 0.2) is 24.3 Å². The average molecular weight is 232 g/mol. The van der Waals surface area contributed by atoms with Gasteiger partial charge >= 0.3 is 0 Å². The number of nitrogens with one attached hydrogen (secondary N) is 2. The van der Waals surface area contributed by atoms with E-state index in [9.17, 15) is 4.79 Å². The predicted octanol–water partition coefficient (Wildman–Crippen LogP) is 1.03. The van der Waals surface area contributed by atoms with E-state index in [2.05, 4.69) is 15.3 Å². The number of hydrogen-bond acceptors (Lipinski definition) is 3. The zero-order valence-electron chi connectivity index (χ0n) is 9.73. The molecule has 5 nitrogen and oxygen atoms in total. The van der Waals surface area contributed by atoms with E-state index in [-0.39, 0.29) is 11.9 Å². The van der Waals surface area contributed by atoms with Gasteiger partial charge in [-0.05, 0) is 18.6 Å². The molecule has 0 spiro atoms. The standard InChI is InChI=1S/C12H16N4O/c1-2-8(13)7-14-12(17)11-15-9-5-3-4-6-10(9)16-11/h3-6,8H,2,7,13H2,1H3,(H,14,17)(H,15,16). The Hall–Kier alpha value is -1.88. The molecule has 0 radical (unpaired) electrons. The van der Waals surface area contributed by atoms with Gasteiger partial charge in [0.25, 0.3) is 5.91 Å². The molecule has 0 bridgehead atoms. The van der Waals surface area contributed by atoms with Crippen LogP contribution < -0.4 is 11.1 Å². The van der Waals surface area contributed by atoms with Crippen LogP contribution in [-0.2, 0) is 0 Å². The second-order valence-electron chi connectivity index (χ2n) is 3.98. The number of H-pyrrole nitrogens is 1. The maximum absolute atomic E-state index is 11.8. The number of aromatic nitrogens is 2. The number of amides is 1. The van der Waals surface area contributed by atoms with Crippen molar-refractivity contribution in [1.82, 2.24) is 15.3 Å². The predicted molar refractivity (Wildman–Crippen MR) is 66.7 cm³/mol. The Morgan fingerprint density at radius 1 is 1.53 bits per heavy atom. The highest BCUT2D eigenvalue weighted by molar-refractivity contribution is 5.94. The molecule has 2 aromatic rings. The van der Waals surface area contributed by atoms with Crippen molar-refractivity contribution in [3.05, 3.63) is 30.1 Å². The van der Waals surface area contributed by atoms with Crippen LogP contribution in [0, 0.1) is 0 Å². The smallest absolute Gasteiger partial charge is 0.287 e. The summed E-state index contributed by atoms with van der Waals surface area (Å²) < 4.78 is 0. The van der Waals surface area contributed by atoms with E-state index >= 15 is 0 Å². The molecular weight excluding hydrogens is 216 g/mol. The summed E-state index contributed by atoms with van der Waals surface area (Å²) >= 11 is 0. The molecule has 5 heteroatoms. The molecular formula is C12H16N4O. The van der Waals surface area contributed by atoms with Crippen LogP contribution in [0.3, 0.4) is 0 Å². The first-order valence-electron chi connectivity index (χ1n) is 5.69. The molecule has 2 rings (SSSR count). The molecule has 1 atom stereocenters.